The quantitative estimate of drug-likeness (QED) is 0.890. The van der Waals surface area contributed by atoms with Crippen LogP contribution in [0.15, 0.2) is 11.4 Å². The number of hydrogen-bond acceptors (Lipinski definition) is 3. The van der Waals surface area contributed by atoms with E-state index in [1.54, 1.807) is 10.4 Å². The number of nitrogens with one attached hydrogen (secondary N) is 1. The minimum absolute atomic E-state index is 0.0770. The van der Waals surface area contributed by atoms with Gasteiger partial charge in [-0.15, -0.1) is 11.3 Å². The molecule has 3 rings (SSSR count). The van der Waals surface area contributed by atoms with Gasteiger partial charge in [-0.3, -0.25) is 0 Å². The predicted octanol–water partition coefficient (Wildman–Crippen LogP) is 3.28. The van der Waals surface area contributed by atoms with E-state index in [1.807, 2.05) is 11.3 Å². The molecule has 17 heavy (non-hydrogen) atoms. The van der Waals surface area contributed by atoms with Crippen molar-refractivity contribution in [1.29, 1.82) is 0 Å². The lowest BCUT2D eigenvalue weighted by Crippen LogP contribution is -2.39. The highest BCUT2D eigenvalue weighted by Crippen LogP contribution is 2.34. The first-order chi connectivity index (χ1) is 8.27. The molecular formula is C14H21NOS. The lowest BCUT2D eigenvalue weighted by Gasteiger charge is -2.29. The predicted molar refractivity (Wildman–Crippen MR) is 71.6 cm³/mol. The summed E-state index contributed by atoms with van der Waals surface area (Å²) in [4.78, 5) is 1.59. The van der Waals surface area contributed by atoms with Gasteiger partial charge in [0.25, 0.3) is 0 Å². The van der Waals surface area contributed by atoms with Gasteiger partial charge in [0.05, 0.1) is 5.60 Å². The minimum Gasteiger partial charge on any atom is -0.374 e. The van der Waals surface area contributed by atoms with Crippen LogP contribution >= 0.6 is 11.3 Å². The van der Waals surface area contributed by atoms with Gasteiger partial charge in [-0.25, -0.2) is 0 Å². The van der Waals surface area contributed by atoms with Crippen LogP contribution < -0.4 is 5.32 Å². The van der Waals surface area contributed by atoms with E-state index >= 15 is 0 Å². The van der Waals surface area contributed by atoms with E-state index in [0.717, 1.165) is 13.2 Å². The van der Waals surface area contributed by atoms with Crippen LogP contribution in [0.25, 0.3) is 0 Å². The van der Waals surface area contributed by atoms with Crippen LogP contribution in [0.3, 0.4) is 0 Å². The molecule has 2 aliphatic rings. The normalized spacial score (nSPS) is 32.6. The first kappa shape index (κ1) is 11.7. The van der Waals surface area contributed by atoms with Gasteiger partial charge in [0.2, 0.25) is 0 Å². The Morgan fingerprint density at radius 3 is 3.29 bits per heavy atom. The Balaban J connectivity index is 1.63. The summed E-state index contributed by atoms with van der Waals surface area (Å²) in [6.07, 6.45) is 6.29. The second-order valence-corrected chi connectivity index (χ2v) is 6.53. The van der Waals surface area contributed by atoms with Crippen LogP contribution in [0.4, 0.5) is 0 Å². The van der Waals surface area contributed by atoms with Gasteiger partial charge in [-0.2, -0.15) is 0 Å². The van der Waals surface area contributed by atoms with Crippen molar-refractivity contribution in [1.82, 2.24) is 5.32 Å². The van der Waals surface area contributed by atoms with Crippen molar-refractivity contribution in [2.24, 2.45) is 0 Å². The molecule has 1 N–H and O–H groups in total. The van der Waals surface area contributed by atoms with Crippen molar-refractivity contribution in [3.8, 4) is 0 Å². The molecule has 2 unspecified atom stereocenters. The average Bonchev–Trinajstić information content (AvgIpc) is 2.95. The third-order valence-corrected chi connectivity index (χ3v) is 5.07. The Labute approximate surface area is 107 Å². The summed E-state index contributed by atoms with van der Waals surface area (Å²) in [6, 6.07) is 2.86. The van der Waals surface area contributed by atoms with Gasteiger partial charge < -0.3 is 10.1 Å². The van der Waals surface area contributed by atoms with Crippen LogP contribution in [-0.4, -0.2) is 18.8 Å². The highest BCUT2D eigenvalue weighted by atomic mass is 32.1. The topological polar surface area (TPSA) is 21.3 Å². The Hall–Kier alpha value is -0.380. The molecule has 1 saturated heterocycles. The molecular weight excluding hydrogens is 230 g/mol. The highest BCUT2D eigenvalue weighted by Gasteiger charge is 2.31. The number of aryl methyl sites for hydroxylation is 1. The third-order valence-electron chi connectivity index (χ3n) is 4.07. The number of thiophene rings is 1. The molecule has 0 bridgehead atoms. The van der Waals surface area contributed by atoms with Gasteiger partial charge in [0.15, 0.2) is 0 Å². The molecule has 3 heteroatoms. The monoisotopic (exact) mass is 251 g/mol. The Bertz CT molecular complexity index is 381. The molecule has 1 aromatic rings. The first-order valence-electron chi connectivity index (χ1n) is 6.70. The summed E-state index contributed by atoms with van der Waals surface area (Å²) in [7, 11) is 0. The van der Waals surface area contributed by atoms with Crippen molar-refractivity contribution < 1.29 is 4.74 Å². The second-order valence-electron chi connectivity index (χ2n) is 5.53. The maximum Gasteiger partial charge on any atom is 0.0779 e. The van der Waals surface area contributed by atoms with E-state index in [1.165, 1.54) is 32.1 Å². The molecule has 0 aromatic carbocycles. The van der Waals surface area contributed by atoms with E-state index in [0.29, 0.717) is 6.04 Å². The second kappa shape index (κ2) is 4.71. The van der Waals surface area contributed by atoms with Crippen LogP contribution in [0.2, 0.25) is 0 Å². The van der Waals surface area contributed by atoms with Gasteiger partial charge in [0, 0.05) is 24.1 Å². The Morgan fingerprint density at radius 2 is 2.47 bits per heavy atom. The fourth-order valence-corrected chi connectivity index (χ4v) is 4.00. The van der Waals surface area contributed by atoms with Gasteiger partial charge >= 0.3 is 0 Å². The number of hydrogen-bond donors (Lipinski definition) is 1. The van der Waals surface area contributed by atoms with Gasteiger partial charge in [-0.05, 0) is 56.0 Å². The highest BCUT2D eigenvalue weighted by molar-refractivity contribution is 7.10. The molecule has 0 amide bonds. The SMILES string of the molecule is CC1(CNC2CCCc3sccc32)CCCO1. The Kier molecular flexibility index (Phi) is 3.24. The molecule has 0 spiro atoms. The van der Waals surface area contributed by atoms with E-state index in [-0.39, 0.29) is 5.60 Å². The van der Waals surface area contributed by atoms with Gasteiger partial charge in [-0.1, -0.05) is 0 Å². The van der Waals surface area contributed by atoms with Crippen molar-refractivity contribution in [2.45, 2.75) is 50.7 Å². The molecule has 0 radical (unpaired) electrons. The van der Waals surface area contributed by atoms with Crippen molar-refractivity contribution in [3.63, 3.8) is 0 Å². The molecule has 1 aliphatic carbocycles. The fraction of sp³-hybridized carbons (Fsp3) is 0.714. The lowest BCUT2D eigenvalue weighted by atomic mass is 9.93. The number of ether oxygens (including phenoxy) is 1. The molecule has 94 valence electrons. The maximum absolute atomic E-state index is 5.84. The zero-order chi connectivity index (χ0) is 11.7. The van der Waals surface area contributed by atoms with Crippen LogP contribution in [0, 0.1) is 0 Å². The molecule has 0 saturated carbocycles. The van der Waals surface area contributed by atoms with E-state index in [2.05, 4.69) is 23.7 Å². The van der Waals surface area contributed by atoms with E-state index in [9.17, 15) is 0 Å². The van der Waals surface area contributed by atoms with Crippen LogP contribution in [0.1, 0.15) is 49.1 Å². The summed E-state index contributed by atoms with van der Waals surface area (Å²) in [5, 5.41) is 5.96. The maximum atomic E-state index is 5.84. The van der Waals surface area contributed by atoms with E-state index < -0.39 is 0 Å². The summed E-state index contributed by atoms with van der Waals surface area (Å²) in [5.41, 5.74) is 1.62. The molecule has 2 atom stereocenters. The summed E-state index contributed by atoms with van der Waals surface area (Å²) in [5.74, 6) is 0. The van der Waals surface area contributed by atoms with E-state index in [4.69, 9.17) is 4.74 Å². The first-order valence-corrected chi connectivity index (χ1v) is 7.58. The summed E-state index contributed by atoms with van der Waals surface area (Å²) < 4.78 is 5.84. The zero-order valence-electron chi connectivity index (χ0n) is 10.5. The van der Waals surface area contributed by atoms with Crippen LogP contribution in [0.5, 0.6) is 0 Å². The number of rotatable bonds is 3. The zero-order valence-corrected chi connectivity index (χ0v) is 11.3. The average molecular weight is 251 g/mol. The van der Waals surface area contributed by atoms with Crippen molar-refractivity contribution >= 4 is 11.3 Å². The summed E-state index contributed by atoms with van der Waals surface area (Å²) in [6.45, 7) is 4.17. The Morgan fingerprint density at radius 1 is 1.53 bits per heavy atom. The fourth-order valence-electron chi connectivity index (χ4n) is 3.01. The molecule has 1 fully saturated rings. The van der Waals surface area contributed by atoms with Crippen LogP contribution in [-0.2, 0) is 11.2 Å². The molecule has 2 nitrogen and oxygen atoms in total. The molecule has 1 aliphatic heterocycles. The van der Waals surface area contributed by atoms with Crippen molar-refractivity contribution in [2.75, 3.05) is 13.2 Å². The largest absolute Gasteiger partial charge is 0.374 e. The lowest BCUT2D eigenvalue weighted by molar-refractivity contribution is 0.0183. The van der Waals surface area contributed by atoms with Crippen molar-refractivity contribution in [3.05, 3.63) is 21.9 Å². The molecule has 2 heterocycles. The smallest absolute Gasteiger partial charge is 0.0779 e. The standard InChI is InChI=1S/C14H21NOS/c1-14(7-3-8-16-14)10-15-12-4-2-5-13-11(12)6-9-17-13/h6,9,12,15H,2-5,7-8,10H2,1H3. The summed E-state index contributed by atoms with van der Waals surface area (Å²) >= 11 is 1.92. The molecule has 1 aromatic heterocycles. The van der Waals surface area contributed by atoms with Gasteiger partial charge in [0.1, 0.15) is 0 Å². The number of fused-ring (bicyclic) bond motifs is 1. The minimum atomic E-state index is 0.0770. The third kappa shape index (κ3) is 2.42.